The van der Waals surface area contributed by atoms with Crippen LogP contribution in [0.15, 0.2) is 30.3 Å². The average molecular weight is 262 g/mol. The summed E-state index contributed by atoms with van der Waals surface area (Å²) in [6, 6.07) is 10.1. The first kappa shape index (κ1) is 13.9. The molecule has 104 valence electrons. The second-order valence-electron chi connectivity index (χ2n) is 6.09. The van der Waals surface area contributed by atoms with Gasteiger partial charge in [-0.05, 0) is 32.8 Å². The van der Waals surface area contributed by atoms with Crippen molar-refractivity contribution in [2.45, 2.75) is 44.9 Å². The maximum Gasteiger partial charge on any atom is 0.407 e. The highest BCUT2D eigenvalue weighted by Crippen LogP contribution is 2.40. The van der Waals surface area contributed by atoms with Crippen LogP contribution in [-0.4, -0.2) is 17.7 Å². The molecule has 3 atom stereocenters. The van der Waals surface area contributed by atoms with E-state index in [-0.39, 0.29) is 18.2 Å². The minimum atomic E-state index is -0.462. The van der Waals surface area contributed by atoms with Gasteiger partial charge in [0.05, 0.1) is 0 Å². The average Bonchev–Trinajstić information content (AvgIpc) is 3.06. The lowest BCUT2D eigenvalue weighted by atomic mass is 10.0. The summed E-state index contributed by atoms with van der Waals surface area (Å²) in [6.07, 6.45) is 0.551. The van der Waals surface area contributed by atoms with E-state index in [0.717, 1.165) is 12.0 Å². The van der Waals surface area contributed by atoms with E-state index in [4.69, 9.17) is 10.5 Å². The number of benzene rings is 1. The number of amides is 1. The van der Waals surface area contributed by atoms with E-state index in [1.807, 2.05) is 51.1 Å². The first-order chi connectivity index (χ1) is 8.87. The minimum absolute atomic E-state index is 0.0267. The van der Waals surface area contributed by atoms with E-state index in [0.29, 0.717) is 5.92 Å². The van der Waals surface area contributed by atoms with E-state index in [2.05, 4.69) is 5.32 Å². The fourth-order valence-corrected chi connectivity index (χ4v) is 2.16. The normalized spacial score (nSPS) is 23.6. The van der Waals surface area contributed by atoms with Crippen LogP contribution in [0.4, 0.5) is 4.79 Å². The molecule has 1 saturated carbocycles. The molecule has 4 heteroatoms. The van der Waals surface area contributed by atoms with Crippen LogP contribution in [-0.2, 0) is 4.74 Å². The van der Waals surface area contributed by atoms with Crippen molar-refractivity contribution in [3.05, 3.63) is 35.9 Å². The molecule has 19 heavy (non-hydrogen) atoms. The van der Waals surface area contributed by atoms with Crippen LogP contribution in [0.2, 0.25) is 0 Å². The maximum absolute atomic E-state index is 11.6. The monoisotopic (exact) mass is 262 g/mol. The topological polar surface area (TPSA) is 64.3 Å². The van der Waals surface area contributed by atoms with Crippen LogP contribution < -0.4 is 11.1 Å². The molecule has 1 aromatic carbocycles. The Balaban J connectivity index is 1.83. The van der Waals surface area contributed by atoms with E-state index in [1.54, 1.807) is 0 Å². The molecule has 1 amide bonds. The molecule has 0 radical (unpaired) electrons. The lowest BCUT2D eigenvalue weighted by Crippen LogP contribution is -2.35. The minimum Gasteiger partial charge on any atom is -0.444 e. The van der Waals surface area contributed by atoms with E-state index < -0.39 is 5.60 Å². The van der Waals surface area contributed by atoms with Crippen LogP contribution in [0.1, 0.15) is 38.8 Å². The molecule has 3 unspecified atom stereocenters. The summed E-state index contributed by atoms with van der Waals surface area (Å²) in [4.78, 5) is 11.6. The van der Waals surface area contributed by atoms with Gasteiger partial charge in [-0.2, -0.15) is 0 Å². The number of nitrogens with two attached hydrogens (primary N) is 1. The van der Waals surface area contributed by atoms with Crippen molar-refractivity contribution in [1.29, 1.82) is 0 Å². The summed E-state index contributed by atoms with van der Waals surface area (Å²) in [5, 5.41) is 2.87. The van der Waals surface area contributed by atoms with E-state index >= 15 is 0 Å². The van der Waals surface area contributed by atoms with Crippen molar-refractivity contribution in [2.75, 3.05) is 0 Å². The van der Waals surface area contributed by atoms with Crippen LogP contribution >= 0.6 is 0 Å². The van der Waals surface area contributed by atoms with Crippen LogP contribution in [0.5, 0.6) is 0 Å². The molecular weight excluding hydrogens is 240 g/mol. The molecule has 1 fully saturated rings. The van der Waals surface area contributed by atoms with Gasteiger partial charge in [0.2, 0.25) is 0 Å². The second kappa shape index (κ2) is 5.21. The predicted molar refractivity (Wildman–Crippen MR) is 74.6 cm³/mol. The molecular formula is C15H22N2O2. The zero-order valence-corrected chi connectivity index (χ0v) is 11.7. The fourth-order valence-electron chi connectivity index (χ4n) is 2.16. The van der Waals surface area contributed by atoms with Gasteiger partial charge in [-0.25, -0.2) is 4.79 Å². The lowest BCUT2D eigenvalue weighted by molar-refractivity contribution is 0.0520. The Bertz CT molecular complexity index is 439. The summed E-state index contributed by atoms with van der Waals surface area (Å²) in [7, 11) is 0. The maximum atomic E-state index is 11.6. The van der Waals surface area contributed by atoms with Gasteiger partial charge >= 0.3 is 6.09 Å². The molecule has 0 bridgehead atoms. The third-order valence-electron chi connectivity index (χ3n) is 3.19. The first-order valence-electron chi connectivity index (χ1n) is 6.67. The second-order valence-corrected chi connectivity index (χ2v) is 6.09. The summed E-state index contributed by atoms with van der Waals surface area (Å²) < 4.78 is 5.23. The lowest BCUT2D eigenvalue weighted by Gasteiger charge is -2.20. The van der Waals surface area contributed by atoms with Gasteiger partial charge in [0.25, 0.3) is 0 Å². The summed E-state index contributed by atoms with van der Waals surface area (Å²) >= 11 is 0. The van der Waals surface area contributed by atoms with Crippen LogP contribution in [0.3, 0.4) is 0 Å². The van der Waals surface area contributed by atoms with Gasteiger partial charge in [0, 0.05) is 18.0 Å². The van der Waals surface area contributed by atoms with Gasteiger partial charge in [-0.15, -0.1) is 0 Å². The summed E-state index contributed by atoms with van der Waals surface area (Å²) in [5.74, 6) is 0.301. The SMILES string of the molecule is CC(C)(C)OC(=O)NC1CC1C(N)c1ccccc1. The summed E-state index contributed by atoms with van der Waals surface area (Å²) in [6.45, 7) is 5.56. The molecule has 4 nitrogen and oxygen atoms in total. The Morgan fingerprint density at radius 1 is 1.37 bits per heavy atom. The smallest absolute Gasteiger partial charge is 0.407 e. The predicted octanol–water partition coefficient (Wildman–Crippen LogP) is 2.60. The standard InChI is InChI=1S/C15H22N2O2/c1-15(2,3)19-14(18)17-12-9-11(12)13(16)10-7-5-4-6-8-10/h4-8,11-13H,9,16H2,1-3H3,(H,17,18). The molecule has 1 aliphatic carbocycles. The van der Waals surface area contributed by atoms with E-state index in [1.165, 1.54) is 0 Å². The van der Waals surface area contributed by atoms with Crippen LogP contribution in [0.25, 0.3) is 0 Å². The number of hydrogen-bond acceptors (Lipinski definition) is 3. The molecule has 2 rings (SSSR count). The van der Waals surface area contributed by atoms with Gasteiger partial charge in [0.1, 0.15) is 5.60 Å². The molecule has 1 aliphatic rings. The molecule has 0 heterocycles. The number of nitrogens with one attached hydrogen (secondary N) is 1. The molecule has 3 N–H and O–H groups in total. The van der Waals surface area contributed by atoms with Gasteiger partial charge in [-0.3, -0.25) is 0 Å². The van der Waals surface area contributed by atoms with Gasteiger partial charge < -0.3 is 15.8 Å². The number of alkyl carbamates (subject to hydrolysis) is 1. The van der Waals surface area contributed by atoms with Crippen molar-refractivity contribution in [1.82, 2.24) is 5.32 Å². The highest BCUT2D eigenvalue weighted by molar-refractivity contribution is 5.68. The van der Waals surface area contributed by atoms with E-state index in [9.17, 15) is 4.79 Å². The number of ether oxygens (including phenoxy) is 1. The highest BCUT2D eigenvalue weighted by atomic mass is 16.6. The van der Waals surface area contributed by atoms with Crippen molar-refractivity contribution >= 4 is 6.09 Å². The third kappa shape index (κ3) is 3.96. The zero-order chi connectivity index (χ0) is 14.0. The Morgan fingerprint density at radius 2 is 2.00 bits per heavy atom. The largest absolute Gasteiger partial charge is 0.444 e. The van der Waals surface area contributed by atoms with Gasteiger partial charge in [-0.1, -0.05) is 30.3 Å². The zero-order valence-electron chi connectivity index (χ0n) is 11.7. The molecule has 0 saturated heterocycles. The first-order valence-corrected chi connectivity index (χ1v) is 6.67. The Kier molecular flexibility index (Phi) is 3.80. The fraction of sp³-hybridized carbons (Fsp3) is 0.533. The molecule has 0 aromatic heterocycles. The summed E-state index contributed by atoms with van der Waals surface area (Å²) in [5.41, 5.74) is 6.85. The number of carbonyl (C=O) groups is 1. The molecule has 0 aliphatic heterocycles. The van der Waals surface area contributed by atoms with Crippen molar-refractivity contribution in [2.24, 2.45) is 11.7 Å². The Labute approximate surface area is 114 Å². The van der Waals surface area contributed by atoms with Gasteiger partial charge in [0.15, 0.2) is 0 Å². The number of rotatable bonds is 3. The third-order valence-corrected chi connectivity index (χ3v) is 3.19. The van der Waals surface area contributed by atoms with Crippen LogP contribution in [0, 0.1) is 5.92 Å². The molecule has 0 spiro atoms. The highest BCUT2D eigenvalue weighted by Gasteiger charge is 2.43. The van der Waals surface area contributed by atoms with Crippen molar-refractivity contribution < 1.29 is 9.53 Å². The number of hydrogen-bond donors (Lipinski definition) is 2. The Morgan fingerprint density at radius 3 is 2.58 bits per heavy atom. The molecule has 1 aromatic rings. The Hall–Kier alpha value is -1.55. The number of carbonyl (C=O) groups excluding carboxylic acids is 1. The quantitative estimate of drug-likeness (QED) is 0.880. The van der Waals surface area contributed by atoms with Crippen molar-refractivity contribution in [3.8, 4) is 0 Å². The van der Waals surface area contributed by atoms with Crippen molar-refractivity contribution in [3.63, 3.8) is 0 Å².